The molecule has 198 valence electrons. The first-order valence-corrected chi connectivity index (χ1v) is 14.5. The molecule has 0 atom stereocenters. The summed E-state index contributed by atoms with van der Waals surface area (Å²) in [5, 5.41) is 1.20. The Bertz CT molecular complexity index is 2100. The van der Waals surface area contributed by atoms with E-state index < -0.39 is 0 Å². The van der Waals surface area contributed by atoms with Gasteiger partial charge in [-0.05, 0) is 54.3 Å². The summed E-state index contributed by atoms with van der Waals surface area (Å²) >= 11 is 1.78. The van der Waals surface area contributed by atoms with E-state index in [1.165, 1.54) is 10.1 Å². The molecule has 0 unspecified atom stereocenters. The number of benzene rings is 3. The molecule has 0 spiro atoms. The summed E-state index contributed by atoms with van der Waals surface area (Å²) in [5.41, 5.74) is 7.10. The van der Waals surface area contributed by atoms with Gasteiger partial charge in [-0.25, -0.2) is 19.9 Å². The lowest BCUT2D eigenvalue weighted by Gasteiger charge is -2.10. The van der Waals surface area contributed by atoms with Crippen LogP contribution < -0.4 is 0 Å². The summed E-state index contributed by atoms with van der Waals surface area (Å²) in [4.78, 5) is 20.7. The van der Waals surface area contributed by atoms with E-state index in [0.717, 1.165) is 50.2 Å². The van der Waals surface area contributed by atoms with Crippen LogP contribution >= 0.6 is 11.3 Å². The maximum atomic E-state index is 4.93. The first-order valence-electron chi connectivity index (χ1n) is 13.7. The van der Waals surface area contributed by atoms with Gasteiger partial charge in [-0.3, -0.25) is 4.40 Å². The minimum Gasteiger partial charge on any atom is -0.290 e. The van der Waals surface area contributed by atoms with Gasteiger partial charge in [-0.15, -0.1) is 11.3 Å². The van der Waals surface area contributed by atoms with Crippen molar-refractivity contribution in [3.05, 3.63) is 121 Å². The average molecular weight is 550 g/mol. The number of allylic oxidation sites excluding steroid dienone is 4. The van der Waals surface area contributed by atoms with Crippen molar-refractivity contribution in [1.29, 1.82) is 0 Å². The summed E-state index contributed by atoms with van der Waals surface area (Å²) in [5.74, 6) is 1.99. The third kappa shape index (κ3) is 4.72. The Morgan fingerprint density at radius 3 is 2.37 bits per heavy atom. The van der Waals surface area contributed by atoms with Gasteiger partial charge in [0.2, 0.25) is 0 Å². The minimum atomic E-state index is 0.651. The van der Waals surface area contributed by atoms with E-state index in [9.17, 15) is 0 Å². The highest BCUT2D eigenvalue weighted by Gasteiger charge is 2.14. The van der Waals surface area contributed by atoms with Crippen LogP contribution in [0, 0.1) is 0 Å². The molecule has 0 radical (unpaired) electrons. The van der Waals surface area contributed by atoms with Crippen LogP contribution in [-0.2, 0) is 0 Å². The summed E-state index contributed by atoms with van der Waals surface area (Å²) in [6, 6.07) is 31.2. The molecule has 0 N–H and O–H groups in total. The average Bonchev–Trinajstić information content (AvgIpc) is 3.57. The Kier molecular flexibility index (Phi) is 6.45. The number of aromatic nitrogens is 5. The van der Waals surface area contributed by atoms with E-state index >= 15 is 0 Å². The molecule has 0 amide bonds. The molecule has 41 heavy (non-hydrogen) atoms. The van der Waals surface area contributed by atoms with E-state index in [1.54, 1.807) is 11.3 Å². The van der Waals surface area contributed by atoms with E-state index in [1.807, 2.05) is 37.3 Å². The number of fused-ring (bicyclic) bond motifs is 5. The van der Waals surface area contributed by atoms with Gasteiger partial charge in [0.15, 0.2) is 17.5 Å². The van der Waals surface area contributed by atoms with Crippen molar-refractivity contribution < 1.29 is 0 Å². The molecule has 0 saturated heterocycles. The monoisotopic (exact) mass is 549 g/mol. The van der Waals surface area contributed by atoms with Crippen LogP contribution in [0.5, 0.6) is 0 Å². The SMILES string of the molecule is CC/C=C\C=C(/C)c1nc(-c2ccccc2)nc(-c2cccc(-c3ccc4nc5c6ccccc6sc5n4c3)c2)n1. The number of rotatable bonds is 6. The molecule has 3 aromatic carbocycles. The third-order valence-corrected chi connectivity index (χ3v) is 8.28. The third-order valence-electron chi connectivity index (χ3n) is 7.12. The Morgan fingerprint density at radius 1 is 0.756 bits per heavy atom. The zero-order valence-corrected chi connectivity index (χ0v) is 23.6. The van der Waals surface area contributed by atoms with Gasteiger partial charge in [-0.1, -0.05) is 91.9 Å². The largest absolute Gasteiger partial charge is 0.290 e. The fourth-order valence-electron chi connectivity index (χ4n) is 4.98. The van der Waals surface area contributed by atoms with Gasteiger partial charge in [0.1, 0.15) is 16.0 Å². The molecule has 6 heteroatoms. The predicted molar refractivity (Wildman–Crippen MR) is 171 cm³/mol. The van der Waals surface area contributed by atoms with Crippen LogP contribution in [0.1, 0.15) is 26.1 Å². The molecule has 0 aliphatic rings. The topological polar surface area (TPSA) is 56.0 Å². The van der Waals surface area contributed by atoms with E-state index in [2.05, 4.69) is 96.4 Å². The Balaban J connectivity index is 1.33. The maximum absolute atomic E-state index is 4.93. The molecule has 4 heterocycles. The summed E-state index contributed by atoms with van der Waals surface area (Å²) in [6.07, 6.45) is 9.40. The van der Waals surface area contributed by atoms with E-state index in [4.69, 9.17) is 19.9 Å². The van der Waals surface area contributed by atoms with Crippen LogP contribution in [0.3, 0.4) is 0 Å². The van der Waals surface area contributed by atoms with E-state index in [0.29, 0.717) is 17.5 Å². The number of hydrogen-bond donors (Lipinski definition) is 0. The van der Waals surface area contributed by atoms with Crippen molar-refractivity contribution in [3.63, 3.8) is 0 Å². The first kappa shape index (κ1) is 25.1. The predicted octanol–water partition coefficient (Wildman–Crippen LogP) is 9.26. The van der Waals surface area contributed by atoms with Crippen LogP contribution in [0.2, 0.25) is 0 Å². The maximum Gasteiger partial charge on any atom is 0.164 e. The molecular weight excluding hydrogens is 522 g/mol. The Hall–Kier alpha value is -4.94. The van der Waals surface area contributed by atoms with Crippen molar-refractivity contribution in [1.82, 2.24) is 24.3 Å². The highest BCUT2D eigenvalue weighted by atomic mass is 32.1. The minimum absolute atomic E-state index is 0.651. The molecule has 0 aliphatic carbocycles. The second-order valence-electron chi connectivity index (χ2n) is 9.95. The van der Waals surface area contributed by atoms with Crippen LogP contribution in [0.4, 0.5) is 0 Å². The second kappa shape index (κ2) is 10.6. The highest BCUT2D eigenvalue weighted by molar-refractivity contribution is 7.25. The highest BCUT2D eigenvalue weighted by Crippen LogP contribution is 2.35. The zero-order valence-electron chi connectivity index (χ0n) is 22.8. The normalized spacial score (nSPS) is 12.3. The summed E-state index contributed by atoms with van der Waals surface area (Å²) < 4.78 is 3.45. The number of imidazole rings is 1. The summed E-state index contributed by atoms with van der Waals surface area (Å²) in [7, 11) is 0. The van der Waals surface area contributed by atoms with E-state index in [-0.39, 0.29) is 0 Å². The van der Waals surface area contributed by atoms with Gasteiger partial charge in [0, 0.05) is 27.4 Å². The molecule has 0 fully saturated rings. The van der Waals surface area contributed by atoms with Crippen LogP contribution in [0.25, 0.3) is 65.6 Å². The van der Waals surface area contributed by atoms with Crippen molar-refractivity contribution >= 4 is 43.0 Å². The van der Waals surface area contributed by atoms with Crippen molar-refractivity contribution in [2.24, 2.45) is 0 Å². The van der Waals surface area contributed by atoms with Crippen LogP contribution in [-0.4, -0.2) is 24.3 Å². The zero-order chi connectivity index (χ0) is 27.8. The molecule has 4 aromatic heterocycles. The van der Waals surface area contributed by atoms with Crippen molar-refractivity contribution in [2.45, 2.75) is 20.3 Å². The smallest absolute Gasteiger partial charge is 0.164 e. The van der Waals surface area contributed by atoms with Gasteiger partial charge in [0.25, 0.3) is 0 Å². The quantitative estimate of drug-likeness (QED) is 0.194. The molecule has 0 saturated carbocycles. The van der Waals surface area contributed by atoms with Gasteiger partial charge >= 0.3 is 0 Å². The van der Waals surface area contributed by atoms with Crippen LogP contribution in [0.15, 0.2) is 115 Å². The second-order valence-corrected chi connectivity index (χ2v) is 11.0. The lowest BCUT2D eigenvalue weighted by atomic mass is 10.0. The van der Waals surface area contributed by atoms with Crippen molar-refractivity contribution in [3.8, 4) is 33.9 Å². The molecule has 7 aromatic rings. The van der Waals surface area contributed by atoms with Gasteiger partial charge in [0.05, 0.1) is 0 Å². The lowest BCUT2D eigenvalue weighted by Crippen LogP contribution is -2.02. The number of thiophene rings is 1. The number of pyridine rings is 1. The van der Waals surface area contributed by atoms with Gasteiger partial charge in [-0.2, -0.15) is 0 Å². The molecule has 0 aliphatic heterocycles. The molecule has 5 nitrogen and oxygen atoms in total. The number of nitrogens with zero attached hydrogens (tertiary/aromatic N) is 5. The molecule has 7 rings (SSSR count). The van der Waals surface area contributed by atoms with Gasteiger partial charge < -0.3 is 0 Å². The first-order chi connectivity index (χ1) is 20.2. The molecule has 0 bridgehead atoms. The fraction of sp³-hybridized carbons (Fsp3) is 0.0857. The summed E-state index contributed by atoms with van der Waals surface area (Å²) in [6.45, 7) is 4.16. The fourth-order valence-corrected chi connectivity index (χ4v) is 6.11. The Morgan fingerprint density at radius 2 is 1.51 bits per heavy atom. The number of hydrogen-bond acceptors (Lipinski definition) is 5. The van der Waals surface area contributed by atoms with Crippen molar-refractivity contribution in [2.75, 3.05) is 0 Å². The Labute approximate surface area is 242 Å². The molecular formula is C35H27N5S. The standard InChI is InChI=1S/C35H27N5S/c1-3-4-6-12-23(2)32-37-33(24-13-7-5-8-14-24)39-34(38-32)26-16-11-15-25(21-26)27-19-20-30-36-31-28-17-9-10-18-29(28)41-35(31)40(30)22-27/h4-22H,3H2,1-2H3/b6-4-,23-12+. The lowest BCUT2D eigenvalue weighted by molar-refractivity contribution is 1.03.